The van der Waals surface area contributed by atoms with Gasteiger partial charge in [0.15, 0.2) is 0 Å². The first-order valence-corrected chi connectivity index (χ1v) is 7.92. The molecule has 1 N–H and O–H groups in total. The number of anilines is 2. The Morgan fingerprint density at radius 2 is 2.08 bits per heavy atom. The number of rotatable bonds is 5. The number of amides is 1. The number of benzene rings is 1. The number of carbonyl (C=O) groups is 1. The van der Waals surface area contributed by atoms with E-state index in [0.29, 0.717) is 6.54 Å². The number of aromatic nitrogens is 2. The highest BCUT2D eigenvalue weighted by atomic mass is 16.5. The molecule has 3 rings (SSSR count). The van der Waals surface area contributed by atoms with Crippen LogP contribution >= 0.6 is 0 Å². The average Bonchev–Trinajstić information content (AvgIpc) is 2.63. The molecule has 1 aromatic carbocycles. The Kier molecular flexibility index (Phi) is 5.22. The van der Waals surface area contributed by atoms with Gasteiger partial charge in [-0.2, -0.15) is 0 Å². The average molecular weight is 327 g/mol. The lowest BCUT2D eigenvalue weighted by Gasteiger charge is -2.34. The van der Waals surface area contributed by atoms with Gasteiger partial charge in [-0.05, 0) is 12.1 Å². The highest BCUT2D eigenvalue weighted by molar-refractivity contribution is 5.92. The van der Waals surface area contributed by atoms with E-state index in [2.05, 4.69) is 25.1 Å². The standard InChI is InChI=1S/C17H21N5O2/c1-24-15-4-2-3-14(11-15)20-17(23)13-21-7-9-22(10-8-21)16-12-18-5-6-19-16/h2-6,11-12H,7-10,13H2,1H3,(H,20,23). The van der Waals surface area contributed by atoms with Gasteiger partial charge in [-0.3, -0.25) is 14.7 Å². The fourth-order valence-corrected chi connectivity index (χ4v) is 2.69. The number of piperazine rings is 1. The summed E-state index contributed by atoms with van der Waals surface area (Å²) in [6, 6.07) is 7.37. The van der Waals surface area contributed by atoms with Gasteiger partial charge in [0, 0.05) is 50.3 Å². The molecule has 1 fully saturated rings. The van der Waals surface area contributed by atoms with Crippen LogP contribution in [0.5, 0.6) is 5.75 Å². The van der Waals surface area contributed by atoms with Gasteiger partial charge >= 0.3 is 0 Å². The lowest BCUT2D eigenvalue weighted by atomic mass is 10.3. The van der Waals surface area contributed by atoms with Crippen LogP contribution in [0.3, 0.4) is 0 Å². The maximum absolute atomic E-state index is 12.2. The molecule has 7 nitrogen and oxygen atoms in total. The number of nitrogens with one attached hydrogen (secondary N) is 1. The molecule has 7 heteroatoms. The summed E-state index contributed by atoms with van der Waals surface area (Å²) in [5.41, 5.74) is 0.748. The minimum Gasteiger partial charge on any atom is -0.497 e. The summed E-state index contributed by atoms with van der Waals surface area (Å²) in [6.07, 6.45) is 5.14. The Hall–Kier alpha value is -2.67. The van der Waals surface area contributed by atoms with Crippen molar-refractivity contribution in [3.8, 4) is 5.75 Å². The maximum Gasteiger partial charge on any atom is 0.238 e. The van der Waals surface area contributed by atoms with Crippen LogP contribution < -0.4 is 15.0 Å². The molecule has 0 unspecified atom stereocenters. The van der Waals surface area contributed by atoms with Crippen molar-refractivity contribution >= 4 is 17.4 Å². The zero-order chi connectivity index (χ0) is 16.8. The predicted octanol–water partition coefficient (Wildman–Crippen LogP) is 1.25. The summed E-state index contributed by atoms with van der Waals surface area (Å²) in [5, 5.41) is 2.91. The number of ether oxygens (including phenoxy) is 1. The van der Waals surface area contributed by atoms with E-state index in [1.54, 1.807) is 25.7 Å². The summed E-state index contributed by atoms with van der Waals surface area (Å²) in [6.45, 7) is 3.70. The Labute approximate surface area is 141 Å². The Morgan fingerprint density at radius 1 is 1.25 bits per heavy atom. The fraction of sp³-hybridized carbons (Fsp3) is 0.353. The molecule has 0 aliphatic carbocycles. The molecule has 1 aliphatic heterocycles. The molecule has 24 heavy (non-hydrogen) atoms. The normalized spacial score (nSPS) is 15.1. The van der Waals surface area contributed by atoms with Gasteiger partial charge in [0.25, 0.3) is 0 Å². The van der Waals surface area contributed by atoms with E-state index in [-0.39, 0.29) is 5.91 Å². The SMILES string of the molecule is COc1cccc(NC(=O)CN2CCN(c3cnccn3)CC2)c1. The highest BCUT2D eigenvalue weighted by Gasteiger charge is 2.20. The summed E-state index contributed by atoms with van der Waals surface area (Å²) in [4.78, 5) is 24.9. The zero-order valence-corrected chi connectivity index (χ0v) is 13.7. The van der Waals surface area contributed by atoms with E-state index >= 15 is 0 Å². The van der Waals surface area contributed by atoms with Gasteiger partial charge in [-0.15, -0.1) is 0 Å². The molecule has 126 valence electrons. The molecule has 2 heterocycles. The maximum atomic E-state index is 12.2. The van der Waals surface area contributed by atoms with Gasteiger partial charge < -0.3 is 15.0 Å². The van der Waals surface area contributed by atoms with E-state index < -0.39 is 0 Å². The van der Waals surface area contributed by atoms with Crippen LogP contribution in [0.15, 0.2) is 42.9 Å². The molecule has 0 bridgehead atoms. The summed E-state index contributed by atoms with van der Waals surface area (Å²) in [7, 11) is 1.61. The number of hydrogen-bond acceptors (Lipinski definition) is 6. The van der Waals surface area contributed by atoms with Crippen molar-refractivity contribution in [2.45, 2.75) is 0 Å². The molecule has 0 saturated carbocycles. The molecular formula is C17H21N5O2. The molecule has 1 aliphatic rings. The molecule has 1 amide bonds. The quantitative estimate of drug-likeness (QED) is 0.891. The minimum absolute atomic E-state index is 0.0174. The van der Waals surface area contributed by atoms with Crippen LogP contribution in [0, 0.1) is 0 Å². The van der Waals surface area contributed by atoms with E-state index in [9.17, 15) is 4.79 Å². The highest BCUT2D eigenvalue weighted by Crippen LogP contribution is 2.17. The van der Waals surface area contributed by atoms with Crippen LogP contribution in [-0.4, -0.2) is 60.6 Å². The van der Waals surface area contributed by atoms with E-state index in [4.69, 9.17) is 4.74 Å². The monoisotopic (exact) mass is 327 g/mol. The Balaban J connectivity index is 1.48. The first kappa shape index (κ1) is 16.2. The molecule has 2 aromatic rings. The van der Waals surface area contributed by atoms with Gasteiger partial charge in [0.1, 0.15) is 11.6 Å². The second-order valence-corrected chi connectivity index (χ2v) is 5.61. The van der Waals surface area contributed by atoms with Crippen molar-refractivity contribution in [2.75, 3.05) is 50.1 Å². The molecule has 1 saturated heterocycles. The third-order valence-corrected chi connectivity index (χ3v) is 3.97. The molecular weight excluding hydrogens is 306 g/mol. The molecule has 0 spiro atoms. The van der Waals surface area contributed by atoms with Gasteiger partial charge in [-0.1, -0.05) is 6.07 Å². The third-order valence-electron chi connectivity index (χ3n) is 3.97. The molecule has 1 aromatic heterocycles. The zero-order valence-electron chi connectivity index (χ0n) is 13.7. The number of carbonyl (C=O) groups excluding carboxylic acids is 1. The first-order valence-electron chi connectivity index (χ1n) is 7.92. The van der Waals surface area contributed by atoms with E-state index in [1.807, 2.05) is 24.3 Å². The van der Waals surface area contributed by atoms with Crippen LogP contribution in [0.1, 0.15) is 0 Å². The number of methoxy groups -OCH3 is 1. The van der Waals surface area contributed by atoms with Crippen LogP contribution in [0.2, 0.25) is 0 Å². The van der Waals surface area contributed by atoms with Crippen molar-refractivity contribution in [1.29, 1.82) is 0 Å². The van der Waals surface area contributed by atoms with Crippen LogP contribution in [0.4, 0.5) is 11.5 Å². The van der Waals surface area contributed by atoms with Crippen molar-refractivity contribution in [1.82, 2.24) is 14.9 Å². The lowest BCUT2D eigenvalue weighted by Crippen LogP contribution is -2.48. The van der Waals surface area contributed by atoms with Crippen LogP contribution in [0.25, 0.3) is 0 Å². The Bertz CT molecular complexity index is 672. The number of hydrogen-bond donors (Lipinski definition) is 1. The van der Waals surface area contributed by atoms with Crippen molar-refractivity contribution in [3.63, 3.8) is 0 Å². The van der Waals surface area contributed by atoms with Crippen LogP contribution in [-0.2, 0) is 4.79 Å². The van der Waals surface area contributed by atoms with Gasteiger partial charge in [0.05, 0.1) is 19.9 Å². The van der Waals surface area contributed by atoms with Gasteiger partial charge in [0.2, 0.25) is 5.91 Å². The van der Waals surface area contributed by atoms with Crippen molar-refractivity contribution in [3.05, 3.63) is 42.9 Å². The smallest absolute Gasteiger partial charge is 0.238 e. The fourth-order valence-electron chi connectivity index (χ4n) is 2.69. The first-order chi connectivity index (χ1) is 11.7. The summed E-state index contributed by atoms with van der Waals surface area (Å²) < 4.78 is 5.16. The second-order valence-electron chi connectivity index (χ2n) is 5.61. The minimum atomic E-state index is -0.0174. The topological polar surface area (TPSA) is 70.6 Å². The van der Waals surface area contributed by atoms with E-state index in [1.165, 1.54) is 0 Å². The largest absolute Gasteiger partial charge is 0.497 e. The third kappa shape index (κ3) is 4.20. The Morgan fingerprint density at radius 3 is 2.79 bits per heavy atom. The summed E-state index contributed by atoms with van der Waals surface area (Å²) in [5.74, 6) is 1.60. The summed E-state index contributed by atoms with van der Waals surface area (Å²) >= 11 is 0. The predicted molar refractivity (Wildman–Crippen MR) is 92.3 cm³/mol. The molecule has 0 radical (unpaired) electrons. The van der Waals surface area contributed by atoms with Gasteiger partial charge in [-0.25, -0.2) is 4.98 Å². The molecule has 0 atom stereocenters. The second kappa shape index (κ2) is 7.74. The van der Waals surface area contributed by atoms with E-state index in [0.717, 1.165) is 43.4 Å². The number of nitrogens with zero attached hydrogens (tertiary/aromatic N) is 4. The van der Waals surface area contributed by atoms with Crippen molar-refractivity contribution < 1.29 is 9.53 Å². The van der Waals surface area contributed by atoms with Crippen molar-refractivity contribution in [2.24, 2.45) is 0 Å². The lowest BCUT2D eigenvalue weighted by molar-refractivity contribution is -0.117.